The van der Waals surface area contributed by atoms with Crippen molar-refractivity contribution in [3.8, 4) is 0 Å². The SMILES string of the molecule is CCCCC/C=C/CC/C=C/C(O)C(CO)NC(=O)CC(O)CCCCCCCCCCCCCCCCCCCCCCC. The highest BCUT2D eigenvalue weighted by Gasteiger charge is 2.20. The molecule has 3 atom stereocenters. The quantitative estimate of drug-likeness (QED) is 0.0412. The van der Waals surface area contributed by atoms with Crippen molar-refractivity contribution in [1.82, 2.24) is 5.32 Å². The van der Waals surface area contributed by atoms with Gasteiger partial charge in [0.2, 0.25) is 5.91 Å². The molecule has 0 heterocycles. The van der Waals surface area contributed by atoms with Gasteiger partial charge >= 0.3 is 0 Å². The van der Waals surface area contributed by atoms with E-state index < -0.39 is 18.2 Å². The zero-order valence-corrected chi connectivity index (χ0v) is 30.0. The fraction of sp³-hybridized carbons (Fsp3) is 0.875. The number of allylic oxidation sites excluding steroid dienone is 3. The van der Waals surface area contributed by atoms with Crippen molar-refractivity contribution in [1.29, 1.82) is 0 Å². The highest BCUT2D eigenvalue weighted by molar-refractivity contribution is 5.76. The number of aliphatic hydroxyl groups excluding tert-OH is 3. The molecule has 0 aromatic heterocycles. The number of nitrogens with one attached hydrogen (secondary N) is 1. The van der Waals surface area contributed by atoms with Crippen LogP contribution in [0, 0.1) is 0 Å². The molecule has 0 aliphatic carbocycles. The zero-order valence-electron chi connectivity index (χ0n) is 30.0. The molecule has 5 nitrogen and oxygen atoms in total. The summed E-state index contributed by atoms with van der Waals surface area (Å²) in [5, 5.41) is 32.9. The molecule has 266 valence electrons. The average molecular weight is 636 g/mol. The number of rotatable bonds is 35. The Morgan fingerprint density at radius 2 is 0.956 bits per heavy atom. The van der Waals surface area contributed by atoms with Crippen molar-refractivity contribution in [3.63, 3.8) is 0 Å². The Balaban J connectivity index is 3.61. The Labute approximate surface area is 280 Å². The van der Waals surface area contributed by atoms with Gasteiger partial charge in [0.15, 0.2) is 0 Å². The van der Waals surface area contributed by atoms with E-state index in [4.69, 9.17) is 0 Å². The van der Waals surface area contributed by atoms with Gasteiger partial charge in [-0.15, -0.1) is 0 Å². The number of hydrogen-bond acceptors (Lipinski definition) is 4. The Hall–Kier alpha value is -1.17. The zero-order chi connectivity index (χ0) is 33.1. The minimum Gasteiger partial charge on any atom is -0.394 e. The molecule has 0 aromatic rings. The van der Waals surface area contributed by atoms with Gasteiger partial charge in [-0.25, -0.2) is 0 Å². The van der Waals surface area contributed by atoms with Crippen LogP contribution in [0.4, 0.5) is 0 Å². The summed E-state index contributed by atoms with van der Waals surface area (Å²) in [6.45, 7) is 4.14. The largest absolute Gasteiger partial charge is 0.394 e. The van der Waals surface area contributed by atoms with Crippen molar-refractivity contribution in [2.45, 2.75) is 218 Å². The summed E-state index contributed by atoms with van der Waals surface area (Å²) in [5.74, 6) is -0.326. The topological polar surface area (TPSA) is 89.8 Å². The maximum absolute atomic E-state index is 12.3. The Kier molecular flexibility index (Phi) is 34.8. The highest BCUT2D eigenvalue weighted by Crippen LogP contribution is 2.16. The standard InChI is InChI=1S/C40H77NO4/c1-3-5-7-9-11-13-14-15-16-17-18-19-20-21-22-23-24-26-27-29-31-33-37(43)35-40(45)41-38(36-42)39(44)34-32-30-28-25-12-10-8-6-4-2/h12,25,32,34,37-39,42-44H,3-11,13-24,26-31,33,35-36H2,1-2H3,(H,41,45)/b25-12+,34-32+. The molecular formula is C40H77NO4. The molecule has 0 saturated heterocycles. The fourth-order valence-electron chi connectivity index (χ4n) is 5.94. The van der Waals surface area contributed by atoms with E-state index in [1.807, 2.05) is 6.08 Å². The first kappa shape index (κ1) is 43.8. The number of hydrogen-bond donors (Lipinski definition) is 4. The molecule has 1 amide bonds. The van der Waals surface area contributed by atoms with E-state index in [1.165, 1.54) is 141 Å². The molecule has 45 heavy (non-hydrogen) atoms. The molecule has 0 spiro atoms. The van der Waals surface area contributed by atoms with Gasteiger partial charge in [0.1, 0.15) is 0 Å². The van der Waals surface area contributed by atoms with Crippen molar-refractivity contribution in [2.24, 2.45) is 0 Å². The van der Waals surface area contributed by atoms with Gasteiger partial charge < -0.3 is 20.6 Å². The van der Waals surface area contributed by atoms with Crippen LogP contribution in [0.3, 0.4) is 0 Å². The minimum absolute atomic E-state index is 0.00888. The van der Waals surface area contributed by atoms with Crippen LogP contribution < -0.4 is 5.32 Å². The third-order valence-corrected chi connectivity index (χ3v) is 8.99. The fourth-order valence-corrected chi connectivity index (χ4v) is 5.94. The van der Waals surface area contributed by atoms with Crippen LogP contribution in [0.1, 0.15) is 200 Å². The monoisotopic (exact) mass is 636 g/mol. The molecule has 5 heteroatoms. The van der Waals surface area contributed by atoms with Crippen LogP contribution in [0.25, 0.3) is 0 Å². The molecule has 0 saturated carbocycles. The molecule has 3 unspecified atom stereocenters. The number of aliphatic hydroxyl groups is 3. The lowest BCUT2D eigenvalue weighted by Crippen LogP contribution is -2.45. The van der Waals surface area contributed by atoms with Crippen LogP contribution in [-0.4, -0.2) is 46.1 Å². The first-order valence-electron chi connectivity index (χ1n) is 19.6. The maximum Gasteiger partial charge on any atom is 0.222 e. The lowest BCUT2D eigenvalue weighted by atomic mass is 10.0. The van der Waals surface area contributed by atoms with Crippen molar-refractivity contribution in [3.05, 3.63) is 24.3 Å². The molecule has 0 aliphatic heterocycles. The van der Waals surface area contributed by atoms with Crippen LogP contribution in [0.5, 0.6) is 0 Å². The van der Waals surface area contributed by atoms with E-state index in [-0.39, 0.29) is 18.9 Å². The summed E-state index contributed by atoms with van der Waals surface area (Å²) in [6, 6.07) is -0.755. The number of carbonyl (C=O) groups is 1. The molecule has 0 bridgehead atoms. The number of carbonyl (C=O) groups excluding carboxylic acids is 1. The lowest BCUT2D eigenvalue weighted by molar-refractivity contribution is -0.124. The van der Waals surface area contributed by atoms with Gasteiger partial charge in [-0.2, -0.15) is 0 Å². The van der Waals surface area contributed by atoms with Crippen molar-refractivity contribution in [2.75, 3.05) is 6.61 Å². The molecule has 4 N–H and O–H groups in total. The second-order valence-corrected chi connectivity index (χ2v) is 13.5. The van der Waals surface area contributed by atoms with Crippen LogP contribution in [-0.2, 0) is 4.79 Å². The Morgan fingerprint density at radius 3 is 1.42 bits per heavy atom. The first-order valence-corrected chi connectivity index (χ1v) is 19.6. The van der Waals surface area contributed by atoms with Gasteiger partial charge in [0.25, 0.3) is 0 Å². The second-order valence-electron chi connectivity index (χ2n) is 13.5. The van der Waals surface area contributed by atoms with E-state index in [9.17, 15) is 20.1 Å². The molecule has 0 rings (SSSR count). The number of unbranched alkanes of at least 4 members (excludes halogenated alkanes) is 24. The summed E-state index contributed by atoms with van der Waals surface area (Å²) in [7, 11) is 0. The van der Waals surface area contributed by atoms with E-state index in [2.05, 4.69) is 31.3 Å². The van der Waals surface area contributed by atoms with Crippen LogP contribution in [0.2, 0.25) is 0 Å². The molecule has 0 aromatic carbocycles. The predicted molar refractivity (Wildman–Crippen MR) is 195 cm³/mol. The van der Waals surface area contributed by atoms with E-state index in [0.29, 0.717) is 6.42 Å². The van der Waals surface area contributed by atoms with Gasteiger partial charge in [-0.1, -0.05) is 186 Å². The van der Waals surface area contributed by atoms with E-state index in [0.717, 1.165) is 32.1 Å². The number of amides is 1. The normalized spacial score (nSPS) is 14.0. The second kappa shape index (κ2) is 35.7. The smallest absolute Gasteiger partial charge is 0.222 e. The molecule has 0 fully saturated rings. The Bertz CT molecular complexity index is 665. The summed E-state index contributed by atoms with van der Waals surface area (Å²) in [4.78, 5) is 12.3. The first-order chi connectivity index (χ1) is 22.0. The van der Waals surface area contributed by atoms with Crippen LogP contribution in [0.15, 0.2) is 24.3 Å². The van der Waals surface area contributed by atoms with Gasteiger partial charge in [0.05, 0.1) is 31.3 Å². The van der Waals surface area contributed by atoms with Gasteiger partial charge in [-0.3, -0.25) is 4.79 Å². The lowest BCUT2D eigenvalue weighted by Gasteiger charge is -2.21. The third kappa shape index (κ3) is 32.6. The van der Waals surface area contributed by atoms with Crippen molar-refractivity contribution >= 4 is 5.91 Å². The summed E-state index contributed by atoms with van der Waals surface area (Å²) >= 11 is 0. The maximum atomic E-state index is 12.3. The van der Waals surface area contributed by atoms with Gasteiger partial charge in [-0.05, 0) is 32.1 Å². The van der Waals surface area contributed by atoms with E-state index in [1.54, 1.807) is 6.08 Å². The van der Waals surface area contributed by atoms with E-state index >= 15 is 0 Å². The average Bonchev–Trinajstić information content (AvgIpc) is 3.03. The van der Waals surface area contributed by atoms with Gasteiger partial charge in [0, 0.05) is 0 Å². The predicted octanol–water partition coefficient (Wildman–Crippen LogP) is 10.7. The van der Waals surface area contributed by atoms with Crippen molar-refractivity contribution < 1.29 is 20.1 Å². The summed E-state index contributed by atoms with van der Waals surface area (Å²) < 4.78 is 0. The molecular weight excluding hydrogens is 558 g/mol. The van der Waals surface area contributed by atoms with Crippen LogP contribution >= 0.6 is 0 Å². The molecule has 0 aliphatic rings. The third-order valence-electron chi connectivity index (χ3n) is 8.99. The Morgan fingerprint density at radius 1 is 0.556 bits per heavy atom. The highest BCUT2D eigenvalue weighted by atomic mass is 16.3. The molecule has 0 radical (unpaired) electrons. The summed E-state index contributed by atoms with van der Waals surface area (Å²) in [6.07, 6.45) is 41.8. The minimum atomic E-state index is -0.945. The summed E-state index contributed by atoms with van der Waals surface area (Å²) in [5.41, 5.74) is 0.